The molecule has 6 nitrogen and oxygen atoms in total. The van der Waals surface area contributed by atoms with Crippen LogP contribution < -0.4 is 15.4 Å². The van der Waals surface area contributed by atoms with Crippen LogP contribution in [0.3, 0.4) is 0 Å². The maximum Gasteiger partial charge on any atom is 0.230 e. The van der Waals surface area contributed by atoms with Crippen LogP contribution in [0.15, 0.2) is 52.9 Å². The Bertz CT molecular complexity index is 934. The Kier molecular flexibility index (Phi) is 7.13. The summed E-state index contributed by atoms with van der Waals surface area (Å²) in [7, 11) is 1.62. The van der Waals surface area contributed by atoms with Gasteiger partial charge in [-0.1, -0.05) is 52.9 Å². The van der Waals surface area contributed by atoms with E-state index in [1.807, 2.05) is 55.5 Å². The van der Waals surface area contributed by atoms with Gasteiger partial charge >= 0.3 is 0 Å². The molecule has 1 heterocycles. The Morgan fingerprint density at radius 1 is 1.25 bits per heavy atom. The van der Waals surface area contributed by atoms with Gasteiger partial charge in [-0.2, -0.15) is 0 Å². The van der Waals surface area contributed by atoms with Gasteiger partial charge in [0.1, 0.15) is 5.75 Å². The molecule has 0 fully saturated rings. The SMILES string of the molecule is COc1cccc(Nc2nnc(SCC(=O)NC(C)c3ccc(Cl)cc3)s2)c1. The first-order valence-electron chi connectivity index (χ1n) is 8.45. The second-order valence-corrected chi connectivity index (χ2v) is 8.50. The Morgan fingerprint density at radius 3 is 2.79 bits per heavy atom. The number of ether oxygens (including phenoxy) is 1. The van der Waals surface area contributed by atoms with Crippen LogP contribution in [-0.2, 0) is 4.79 Å². The van der Waals surface area contributed by atoms with Crippen molar-refractivity contribution in [3.05, 3.63) is 59.1 Å². The van der Waals surface area contributed by atoms with Crippen LogP contribution in [-0.4, -0.2) is 29.0 Å². The molecule has 2 N–H and O–H groups in total. The molecule has 2 aromatic carbocycles. The van der Waals surface area contributed by atoms with Crippen molar-refractivity contribution in [2.45, 2.75) is 17.3 Å². The second-order valence-electron chi connectivity index (χ2n) is 5.86. The van der Waals surface area contributed by atoms with Gasteiger partial charge in [-0.3, -0.25) is 4.79 Å². The molecule has 0 bridgehead atoms. The monoisotopic (exact) mass is 434 g/mol. The average molecular weight is 435 g/mol. The number of methoxy groups -OCH3 is 1. The molecule has 0 aliphatic carbocycles. The van der Waals surface area contributed by atoms with Crippen molar-refractivity contribution in [2.24, 2.45) is 0 Å². The standard InChI is InChI=1S/C19H19ClN4O2S2/c1-12(13-6-8-14(20)9-7-13)21-17(25)11-27-19-24-23-18(28-19)22-15-4-3-5-16(10-15)26-2/h3-10,12H,11H2,1-2H3,(H,21,25)(H,22,23). The number of hydrogen-bond acceptors (Lipinski definition) is 7. The molecule has 0 aliphatic rings. The number of benzene rings is 2. The van der Waals surface area contributed by atoms with Gasteiger partial charge in [0, 0.05) is 16.8 Å². The van der Waals surface area contributed by atoms with Gasteiger partial charge in [-0.15, -0.1) is 10.2 Å². The lowest BCUT2D eigenvalue weighted by molar-refractivity contribution is -0.119. The summed E-state index contributed by atoms with van der Waals surface area (Å²) in [4.78, 5) is 12.2. The fourth-order valence-corrected chi connectivity index (χ4v) is 4.10. The molecule has 9 heteroatoms. The summed E-state index contributed by atoms with van der Waals surface area (Å²) < 4.78 is 5.93. The fraction of sp³-hybridized carbons (Fsp3) is 0.211. The molecule has 146 valence electrons. The minimum absolute atomic E-state index is 0.0649. The molecular formula is C19H19ClN4O2S2. The van der Waals surface area contributed by atoms with Crippen molar-refractivity contribution in [2.75, 3.05) is 18.2 Å². The quantitative estimate of drug-likeness (QED) is 0.490. The highest BCUT2D eigenvalue weighted by molar-refractivity contribution is 8.01. The molecule has 1 amide bonds. The zero-order chi connectivity index (χ0) is 19.9. The predicted octanol–water partition coefficient (Wildman–Crippen LogP) is 4.91. The smallest absolute Gasteiger partial charge is 0.230 e. The van der Waals surface area contributed by atoms with Gasteiger partial charge in [0.05, 0.1) is 18.9 Å². The third-order valence-electron chi connectivity index (χ3n) is 3.80. The van der Waals surface area contributed by atoms with Crippen LogP contribution in [0.25, 0.3) is 0 Å². The van der Waals surface area contributed by atoms with E-state index in [0.717, 1.165) is 21.3 Å². The molecule has 0 aliphatic heterocycles. The topological polar surface area (TPSA) is 76.1 Å². The number of anilines is 2. The van der Waals surface area contributed by atoms with E-state index >= 15 is 0 Å². The minimum atomic E-state index is -0.0925. The highest BCUT2D eigenvalue weighted by Gasteiger charge is 2.12. The number of halogens is 1. The molecule has 3 rings (SSSR count). The zero-order valence-electron chi connectivity index (χ0n) is 15.3. The second kappa shape index (κ2) is 9.77. The van der Waals surface area contributed by atoms with E-state index in [1.165, 1.54) is 23.1 Å². The Labute approximate surface area is 176 Å². The van der Waals surface area contributed by atoms with Gasteiger partial charge in [-0.25, -0.2) is 0 Å². The third kappa shape index (κ3) is 5.85. The summed E-state index contributed by atoms with van der Waals surface area (Å²) in [5.41, 5.74) is 1.87. The van der Waals surface area contributed by atoms with Gasteiger partial charge in [-0.05, 0) is 36.8 Å². The molecule has 0 saturated heterocycles. The summed E-state index contributed by atoms with van der Waals surface area (Å²) in [5.74, 6) is 0.965. The molecule has 0 radical (unpaired) electrons. The van der Waals surface area contributed by atoms with Crippen LogP contribution in [0.4, 0.5) is 10.8 Å². The molecular weight excluding hydrogens is 416 g/mol. The first kappa shape index (κ1) is 20.4. The van der Waals surface area contributed by atoms with Gasteiger partial charge in [0.25, 0.3) is 0 Å². The Hall–Kier alpha value is -2.29. The maximum atomic E-state index is 12.2. The van der Waals surface area contributed by atoms with E-state index in [2.05, 4.69) is 20.8 Å². The van der Waals surface area contributed by atoms with E-state index in [-0.39, 0.29) is 17.7 Å². The van der Waals surface area contributed by atoms with E-state index in [4.69, 9.17) is 16.3 Å². The zero-order valence-corrected chi connectivity index (χ0v) is 17.7. The molecule has 0 spiro atoms. The van der Waals surface area contributed by atoms with Crippen molar-refractivity contribution in [3.8, 4) is 5.75 Å². The highest BCUT2D eigenvalue weighted by atomic mass is 35.5. The predicted molar refractivity (Wildman–Crippen MR) is 115 cm³/mol. The first-order valence-corrected chi connectivity index (χ1v) is 10.6. The van der Waals surface area contributed by atoms with Gasteiger partial charge in [0.2, 0.25) is 11.0 Å². The summed E-state index contributed by atoms with van der Waals surface area (Å²) in [5, 5.41) is 15.7. The molecule has 1 atom stereocenters. The van der Waals surface area contributed by atoms with Crippen LogP contribution in [0.2, 0.25) is 5.02 Å². The molecule has 1 unspecified atom stereocenters. The lowest BCUT2D eigenvalue weighted by Gasteiger charge is -2.14. The van der Waals surface area contributed by atoms with E-state index in [9.17, 15) is 4.79 Å². The first-order chi connectivity index (χ1) is 13.5. The van der Waals surface area contributed by atoms with Crippen molar-refractivity contribution < 1.29 is 9.53 Å². The van der Waals surface area contributed by atoms with Crippen LogP contribution in [0.1, 0.15) is 18.5 Å². The van der Waals surface area contributed by atoms with Crippen LogP contribution in [0.5, 0.6) is 5.75 Å². The minimum Gasteiger partial charge on any atom is -0.497 e. The molecule has 28 heavy (non-hydrogen) atoms. The number of thioether (sulfide) groups is 1. The summed E-state index contributed by atoms with van der Waals surface area (Å²) in [6.45, 7) is 1.94. The van der Waals surface area contributed by atoms with Crippen LogP contribution in [0, 0.1) is 0 Å². The molecule has 1 aromatic heterocycles. The lowest BCUT2D eigenvalue weighted by Crippen LogP contribution is -2.28. The van der Waals surface area contributed by atoms with Crippen molar-refractivity contribution >= 4 is 51.4 Å². The number of hydrogen-bond donors (Lipinski definition) is 2. The van der Waals surface area contributed by atoms with E-state index < -0.39 is 0 Å². The Balaban J connectivity index is 1.49. The van der Waals surface area contributed by atoms with Gasteiger partial charge < -0.3 is 15.4 Å². The normalized spacial score (nSPS) is 11.7. The third-order valence-corrected chi connectivity index (χ3v) is 6.03. The fourth-order valence-electron chi connectivity index (χ4n) is 2.39. The lowest BCUT2D eigenvalue weighted by atomic mass is 10.1. The summed E-state index contributed by atoms with van der Waals surface area (Å²) in [6.07, 6.45) is 0. The number of rotatable bonds is 8. The van der Waals surface area contributed by atoms with E-state index in [1.54, 1.807) is 7.11 Å². The largest absolute Gasteiger partial charge is 0.497 e. The summed E-state index contributed by atoms with van der Waals surface area (Å²) >= 11 is 8.64. The van der Waals surface area contributed by atoms with Gasteiger partial charge in [0.15, 0.2) is 4.34 Å². The maximum absolute atomic E-state index is 12.2. The average Bonchev–Trinajstić information content (AvgIpc) is 3.14. The number of carbonyl (C=O) groups is 1. The van der Waals surface area contributed by atoms with Crippen LogP contribution >= 0.6 is 34.7 Å². The number of nitrogens with zero attached hydrogens (tertiary/aromatic N) is 2. The Morgan fingerprint density at radius 2 is 2.04 bits per heavy atom. The number of nitrogens with one attached hydrogen (secondary N) is 2. The number of carbonyl (C=O) groups excluding carboxylic acids is 1. The molecule has 3 aromatic rings. The molecule has 0 saturated carbocycles. The van der Waals surface area contributed by atoms with Crippen molar-refractivity contribution in [1.29, 1.82) is 0 Å². The summed E-state index contributed by atoms with van der Waals surface area (Å²) in [6, 6.07) is 14.9. The highest BCUT2D eigenvalue weighted by Crippen LogP contribution is 2.28. The number of aromatic nitrogens is 2. The number of amides is 1. The van der Waals surface area contributed by atoms with Crippen molar-refractivity contribution in [3.63, 3.8) is 0 Å². The van der Waals surface area contributed by atoms with Crippen molar-refractivity contribution in [1.82, 2.24) is 15.5 Å². The van der Waals surface area contributed by atoms with E-state index in [0.29, 0.717) is 10.2 Å².